The highest BCUT2D eigenvalue weighted by molar-refractivity contribution is 9.10. The van der Waals surface area contributed by atoms with E-state index >= 15 is 0 Å². The Morgan fingerprint density at radius 2 is 1.95 bits per heavy atom. The average molecular weight is 351 g/mol. The lowest BCUT2D eigenvalue weighted by atomic mass is 9.85. The van der Waals surface area contributed by atoms with Gasteiger partial charge in [-0.2, -0.15) is 0 Å². The zero-order chi connectivity index (χ0) is 14.8. The van der Waals surface area contributed by atoms with Crippen molar-refractivity contribution in [2.45, 2.75) is 64.1 Å². The van der Waals surface area contributed by atoms with Crippen molar-refractivity contribution >= 4 is 21.6 Å². The number of hydrogen-bond donors (Lipinski definition) is 1. The molecule has 2 saturated carbocycles. The lowest BCUT2D eigenvalue weighted by Gasteiger charge is -2.38. The van der Waals surface area contributed by atoms with Crippen molar-refractivity contribution in [3.05, 3.63) is 28.2 Å². The van der Waals surface area contributed by atoms with Crippen molar-refractivity contribution in [3.63, 3.8) is 0 Å². The summed E-state index contributed by atoms with van der Waals surface area (Å²) in [4.78, 5) is 2.49. The second-order valence-corrected chi connectivity index (χ2v) is 7.73. The molecule has 3 heteroatoms. The van der Waals surface area contributed by atoms with E-state index in [-0.39, 0.29) is 0 Å². The first kappa shape index (κ1) is 15.4. The quantitative estimate of drug-likeness (QED) is 0.826. The molecule has 0 bridgehead atoms. The zero-order valence-corrected chi connectivity index (χ0v) is 14.8. The van der Waals surface area contributed by atoms with E-state index in [1.165, 1.54) is 54.2 Å². The van der Waals surface area contributed by atoms with Crippen molar-refractivity contribution < 1.29 is 0 Å². The van der Waals surface area contributed by atoms with E-state index in [1.807, 2.05) is 0 Å². The number of anilines is 1. The van der Waals surface area contributed by atoms with E-state index in [9.17, 15) is 0 Å². The lowest BCUT2D eigenvalue weighted by Crippen LogP contribution is -2.39. The van der Waals surface area contributed by atoms with Gasteiger partial charge in [-0.1, -0.05) is 41.8 Å². The third-order valence-electron chi connectivity index (χ3n) is 5.17. The van der Waals surface area contributed by atoms with Crippen LogP contribution in [0.25, 0.3) is 0 Å². The van der Waals surface area contributed by atoms with Crippen LogP contribution >= 0.6 is 15.9 Å². The van der Waals surface area contributed by atoms with Crippen LogP contribution < -0.4 is 10.2 Å². The number of benzene rings is 1. The summed E-state index contributed by atoms with van der Waals surface area (Å²) in [5.41, 5.74) is 2.71. The van der Waals surface area contributed by atoms with Crippen LogP contribution in [0.1, 0.15) is 51.0 Å². The summed E-state index contributed by atoms with van der Waals surface area (Å²) >= 11 is 3.76. The van der Waals surface area contributed by atoms with E-state index in [2.05, 4.69) is 58.3 Å². The van der Waals surface area contributed by atoms with Crippen LogP contribution in [0, 0.1) is 5.92 Å². The zero-order valence-electron chi connectivity index (χ0n) is 13.2. The van der Waals surface area contributed by atoms with Crippen LogP contribution in [-0.4, -0.2) is 19.1 Å². The minimum atomic E-state index is 0.695. The van der Waals surface area contributed by atoms with Gasteiger partial charge in [0.15, 0.2) is 0 Å². The average Bonchev–Trinajstić information content (AvgIpc) is 3.30. The fourth-order valence-electron chi connectivity index (χ4n) is 3.50. The molecular formula is C18H27BrN2. The standard InChI is InChI=1S/C18H27BrN2/c1-13-5-3-4-6-18(13)21(2)16-10-7-14(17(19)11-16)12-20-15-8-9-15/h7,10-11,13,15,18,20H,3-6,8-9,12H2,1-2H3. The molecule has 21 heavy (non-hydrogen) atoms. The Morgan fingerprint density at radius 3 is 2.62 bits per heavy atom. The summed E-state index contributed by atoms with van der Waals surface area (Å²) in [5.74, 6) is 0.804. The predicted molar refractivity (Wildman–Crippen MR) is 93.8 cm³/mol. The maximum absolute atomic E-state index is 3.76. The molecule has 0 amide bonds. The minimum absolute atomic E-state index is 0.695. The summed E-state index contributed by atoms with van der Waals surface area (Å²) in [7, 11) is 2.26. The van der Waals surface area contributed by atoms with Crippen LogP contribution in [0.5, 0.6) is 0 Å². The van der Waals surface area contributed by atoms with Gasteiger partial charge in [-0.05, 0) is 49.3 Å². The minimum Gasteiger partial charge on any atom is -0.371 e. The smallest absolute Gasteiger partial charge is 0.0377 e. The molecule has 0 aromatic heterocycles. The van der Waals surface area contributed by atoms with Crippen LogP contribution in [0.15, 0.2) is 22.7 Å². The molecule has 1 aromatic carbocycles. The first-order valence-corrected chi connectivity index (χ1v) is 9.19. The fourth-order valence-corrected chi connectivity index (χ4v) is 4.01. The molecule has 2 aliphatic carbocycles. The van der Waals surface area contributed by atoms with E-state index in [0.29, 0.717) is 6.04 Å². The van der Waals surface area contributed by atoms with Gasteiger partial charge < -0.3 is 10.2 Å². The molecule has 0 spiro atoms. The monoisotopic (exact) mass is 350 g/mol. The van der Waals surface area contributed by atoms with Crippen LogP contribution in [0.2, 0.25) is 0 Å². The number of hydrogen-bond acceptors (Lipinski definition) is 2. The number of nitrogens with one attached hydrogen (secondary N) is 1. The molecule has 116 valence electrons. The highest BCUT2D eigenvalue weighted by Gasteiger charge is 2.25. The molecule has 1 aromatic rings. The van der Waals surface area contributed by atoms with Gasteiger partial charge in [0.1, 0.15) is 0 Å². The molecule has 3 rings (SSSR count). The maximum atomic E-state index is 3.76. The Morgan fingerprint density at radius 1 is 1.19 bits per heavy atom. The third-order valence-corrected chi connectivity index (χ3v) is 5.90. The molecule has 0 saturated heterocycles. The molecule has 2 fully saturated rings. The van der Waals surface area contributed by atoms with Crippen molar-refractivity contribution in [1.29, 1.82) is 0 Å². The van der Waals surface area contributed by atoms with E-state index in [1.54, 1.807) is 0 Å². The van der Waals surface area contributed by atoms with Gasteiger partial charge in [0.2, 0.25) is 0 Å². The van der Waals surface area contributed by atoms with Crippen LogP contribution in [0.4, 0.5) is 5.69 Å². The number of nitrogens with zero attached hydrogens (tertiary/aromatic N) is 1. The maximum Gasteiger partial charge on any atom is 0.0377 e. The predicted octanol–water partition coefficient (Wildman–Crippen LogP) is 4.72. The molecule has 2 aliphatic rings. The third kappa shape index (κ3) is 3.81. The Kier molecular flexibility index (Phi) is 4.90. The number of rotatable bonds is 5. The summed E-state index contributed by atoms with van der Waals surface area (Å²) in [6.07, 6.45) is 8.18. The Labute approximate surface area is 137 Å². The molecule has 2 unspecified atom stereocenters. The Hall–Kier alpha value is -0.540. The first-order valence-electron chi connectivity index (χ1n) is 8.40. The first-order chi connectivity index (χ1) is 10.1. The van der Waals surface area contributed by atoms with Gasteiger partial charge in [0.25, 0.3) is 0 Å². The van der Waals surface area contributed by atoms with E-state index in [4.69, 9.17) is 0 Å². The molecule has 1 N–H and O–H groups in total. The second kappa shape index (κ2) is 6.70. The van der Waals surface area contributed by atoms with Crippen molar-refractivity contribution in [2.75, 3.05) is 11.9 Å². The van der Waals surface area contributed by atoms with E-state index < -0.39 is 0 Å². The van der Waals surface area contributed by atoms with Crippen molar-refractivity contribution in [3.8, 4) is 0 Å². The fraction of sp³-hybridized carbons (Fsp3) is 0.667. The second-order valence-electron chi connectivity index (χ2n) is 6.87. The SMILES string of the molecule is CC1CCCCC1N(C)c1ccc(CNC2CC2)c(Br)c1. The molecule has 0 heterocycles. The molecule has 2 atom stereocenters. The normalized spacial score (nSPS) is 25.9. The van der Waals surface area contributed by atoms with Gasteiger partial charge in [-0.3, -0.25) is 0 Å². The highest BCUT2D eigenvalue weighted by Crippen LogP contribution is 2.32. The summed E-state index contributed by atoms with van der Waals surface area (Å²) < 4.78 is 1.24. The Bertz CT molecular complexity index is 484. The van der Waals surface area contributed by atoms with Crippen molar-refractivity contribution in [1.82, 2.24) is 5.32 Å². The molecule has 2 nitrogen and oxygen atoms in total. The molecule has 0 radical (unpaired) electrons. The molecular weight excluding hydrogens is 324 g/mol. The lowest BCUT2D eigenvalue weighted by molar-refractivity contribution is 0.321. The Balaban J connectivity index is 1.67. The largest absolute Gasteiger partial charge is 0.371 e. The van der Waals surface area contributed by atoms with Crippen LogP contribution in [0.3, 0.4) is 0 Å². The van der Waals surface area contributed by atoms with Crippen LogP contribution in [-0.2, 0) is 6.54 Å². The van der Waals surface area contributed by atoms with Gasteiger partial charge >= 0.3 is 0 Å². The van der Waals surface area contributed by atoms with Gasteiger partial charge in [-0.15, -0.1) is 0 Å². The van der Waals surface area contributed by atoms with E-state index in [0.717, 1.165) is 18.5 Å². The molecule has 0 aliphatic heterocycles. The van der Waals surface area contributed by atoms with Gasteiger partial charge in [0.05, 0.1) is 0 Å². The summed E-state index contributed by atoms with van der Waals surface area (Å²) in [6, 6.07) is 8.32. The van der Waals surface area contributed by atoms with Gasteiger partial charge in [-0.25, -0.2) is 0 Å². The number of halogens is 1. The summed E-state index contributed by atoms with van der Waals surface area (Å²) in [5, 5.41) is 3.59. The summed E-state index contributed by atoms with van der Waals surface area (Å²) in [6.45, 7) is 3.39. The van der Waals surface area contributed by atoms with Crippen molar-refractivity contribution in [2.24, 2.45) is 5.92 Å². The highest BCUT2D eigenvalue weighted by atomic mass is 79.9. The van der Waals surface area contributed by atoms with Gasteiger partial charge in [0, 0.05) is 35.8 Å². The topological polar surface area (TPSA) is 15.3 Å².